The molecule has 0 spiro atoms. The highest BCUT2D eigenvalue weighted by atomic mass is 16.5. The van der Waals surface area contributed by atoms with Crippen LogP contribution in [0, 0.1) is 0 Å². The van der Waals surface area contributed by atoms with Gasteiger partial charge >= 0.3 is 6.03 Å². The zero-order chi connectivity index (χ0) is 18.2. The predicted octanol–water partition coefficient (Wildman–Crippen LogP) is 1.76. The quantitative estimate of drug-likeness (QED) is 0.451. The molecule has 1 aliphatic rings. The number of benzene rings is 2. The molecule has 7 heteroatoms. The number of hydrogen-bond donors (Lipinski definition) is 4. The molecule has 1 heterocycles. The molecular weight excluding hydrogens is 330 g/mol. The minimum Gasteiger partial charge on any atom is -0.493 e. The number of hydrazine groups is 1. The third-order valence-corrected chi connectivity index (χ3v) is 3.99. The summed E-state index contributed by atoms with van der Waals surface area (Å²) in [4.78, 5) is 11.3. The molecule has 2 aromatic rings. The van der Waals surface area contributed by atoms with Crippen LogP contribution in [0.1, 0.15) is 18.1 Å². The fraction of sp³-hybridized carbons (Fsp3) is 0.263. The molecular formula is C19H23N5O2. The summed E-state index contributed by atoms with van der Waals surface area (Å²) >= 11 is 0. The van der Waals surface area contributed by atoms with Crippen LogP contribution in [0.4, 0.5) is 4.79 Å². The van der Waals surface area contributed by atoms with Gasteiger partial charge in [-0.05, 0) is 30.2 Å². The Morgan fingerprint density at radius 3 is 2.88 bits per heavy atom. The third-order valence-electron chi connectivity index (χ3n) is 3.99. The average Bonchev–Trinajstić information content (AvgIpc) is 2.66. The van der Waals surface area contributed by atoms with E-state index in [0.717, 1.165) is 17.7 Å². The van der Waals surface area contributed by atoms with E-state index < -0.39 is 0 Å². The fourth-order valence-corrected chi connectivity index (χ4v) is 2.52. The van der Waals surface area contributed by atoms with Crippen LogP contribution in [0.15, 0.2) is 59.7 Å². The van der Waals surface area contributed by atoms with Crippen LogP contribution in [-0.2, 0) is 6.42 Å². The van der Waals surface area contributed by atoms with Gasteiger partial charge in [0.25, 0.3) is 0 Å². The number of nitrogens with zero attached hydrogens (tertiary/aromatic N) is 1. The molecule has 26 heavy (non-hydrogen) atoms. The zero-order valence-electron chi connectivity index (χ0n) is 14.6. The van der Waals surface area contributed by atoms with Crippen molar-refractivity contribution in [3.8, 4) is 5.75 Å². The Morgan fingerprint density at radius 2 is 2.04 bits per heavy atom. The van der Waals surface area contributed by atoms with E-state index in [2.05, 4.69) is 38.8 Å². The molecule has 0 radical (unpaired) electrons. The lowest BCUT2D eigenvalue weighted by atomic mass is 10.2. The number of amides is 2. The smallest absolute Gasteiger partial charge is 0.330 e. The summed E-state index contributed by atoms with van der Waals surface area (Å²) in [5, 5.41) is 6.95. The van der Waals surface area contributed by atoms with E-state index in [4.69, 9.17) is 4.74 Å². The largest absolute Gasteiger partial charge is 0.493 e. The fourth-order valence-electron chi connectivity index (χ4n) is 2.52. The SMILES string of the molecule is CC1NNC(=O)NC1N/N=C/c1cccc(OCCc2ccccc2)c1. The summed E-state index contributed by atoms with van der Waals surface area (Å²) in [7, 11) is 0. The van der Waals surface area contributed by atoms with Gasteiger partial charge in [-0.15, -0.1) is 0 Å². The molecule has 0 aliphatic carbocycles. The van der Waals surface area contributed by atoms with Gasteiger partial charge in [0.15, 0.2) is 0 Å². The van der Waals surface area contributed by atoms with Crippen molar-refractivity contribution in [1.29, 1.82) is 0 Å². The van der Waals surface area contributed by atoms with Crippen molar-refractivity contribution in [2.24, 2.45) is 5.10 Å². The molecule has 2 amide bonds. The van der Waals surface area contributed by atoms with Gasteiger partial charge < -0.3 is 10.1 Å². The van der Waals surface area contributed by atoms with Gasteiger partial charge in [-0.1, -0.05) is 42.5 Å². The molecule has 0 saturated carbocycles. The van der Waals surface area contributed by atoms with E-state index >= 15 is 0 Å². The van der Waals surface area contributed by atoms with Crippen LogP contribution < -0.4 is 26.3 Å². The van der Waals surface area contributed by atoms with E-state index in [1.807, 2.05) is 49.4 Å². The molecule has 1 aliphatic heterocycles. The third kappa shape index (κ3) is 5.22. The molecule has 3 rings (SSSR count). The van der Waals surface area contributed by atoms with Crippen molar-refractivity contribution in [2.45, 2.75) is 25.6 Å². The molecule has 0 bridgehead atoms. The summed E-state index contributed by atoms with van der Waals surface area (Å²) in [6.45, 7) is 2.55. The summed E-state index contributed by atoms with van der Waals surface area (Å²) in [5.74, 6) is 0.801. The number of urea groups is 1. The normalized spacial score (nSPS) is 19.7. The van der Waals surface area contributed by atoms with Crippen molar-refractivity contribution < 1.29 is 9.53 Å². The lowest BCUT2D eigenvalue weighted by Gasteiger charge is -2.30. The highest BCUT2D eigenvalue weighted by molar-refractivity contribution is 5.80. The molecule has 1 fully saturated rings. The second-order valence-corrected chi connectivity index (χ2v) is 6.05. The molecule has 136 valence electrons. The van der Waals surface area contributed by atoms with Crippen molar-refractivity contribution in [3.63, 3.8) is 0 Å². The van der Waals surface area contributed by atoms with Crippen molar-refractivity contribution >= 4 is 12.2 Å². The predicted molar refractivity (Wildman–Crippen MR) is 101 cm³/mol. The first kappa shape index (κ1) is 17.8. The first-order chi connectivity index (χ1) is 12.7. The molecule has 2 unspecified atom stereocenters. The minimum absolute atomic E-state index is 0.00231. The lowest BCUT2D eigenvalue weighted by Crippen LogP contribution is -2.67. The Bertz CT molecular complexity index is 751. The number of ether oxygens (including phenoxy) is 1. The minimum atomic E-state index is -0.287. The maximum Gasteiger partial charge on any atom is 0.330 e. The number of carbonyl (C=O) groups excluding carboxylic acids is 1. The number of rotatable bonds is 7. The van der Waals surface area contributed by atoms with Crippen LogP contribution >= 0.6 is 0 Å². The summed E-state index contributed by atoms with van der Waals surface area (Å²) in [6, 6.07) is 17.7. The van der Waals surface area contributed by atoms with Crippen LogP contribution in [0.25, 0.3) is 0 Å². The van der Waals surface area contributed by atoms with Gasteiger partial charge in [0.2, 0.25) is 0 Å². The molecule has 1 saturated heterocycles. The van der Waals surface area contributed by atoms with Crippen molar-refractivity contribution in [2.75, 3.05) is 6.61 Å². The van der Waals surface area contributed by atoms with E-state index in [-0.39, 0.29) is 18.2 Å². The van der Waals surface area contributed by atoms with Crippen LogP contribution in [0.2, 0.25) is 0 Å². The maximum absolute atomic E-state index is 11.3. The number of hydrogen-bond acceptors (Lipinski definition) is 5. The van der Waals surface area contributed by atoms with Gasteiger partial charge in [0, 0.05) is 6.42 Å². The first-order valence-corrected chi connectivity index (χ1v) is 8.58. The Hall–Kier alpha value is -3.06. The molecule has 0 aromatic heterocycles. The van der Waals surface area contributed by atoms with Crippen LogP contribution in [0.3, 0.4) is 0 Å². The Kier molecular flexibility index (Phi) is 6.05. The molecule has 2 aromatic carbocycles. The molecule has 4 N–H and O–H groups in total. The number of nitrogens with one attached hydrogen (secondary N) is 4. The Labute approximate surface area is 152 Å². The first-order valence-electron chi connectivity index (χ1n) is 8.58. The van der Waals surface area contributed by atoms with Gasteiger partial charge in [0.1, 0.15) is 11.9 Å². The molecule has 2 atom stereocenters. The highest BCUT2D eigenvalue weighted by Gasteiger charge is 2.23. The zero-order valence-corrected chi connectivity index (χ0v) is 14.6. The second-order valence-electron chi connectivity index (χ2n) is 6.05. The Balaban J connectivity index is 1.49. The standard InChI is InChI=1S/C19H23N5O2/c1-14-18(21-19(25)24-22-14)23-20-13-16-8-5-9-17(12-16)26-11-10-15-6-3-2-4-7-15/h2-9,12-14,18,22-23H,10-11H2,1H3,(H2,21,24,25)/b20-13+. The number of carbonyl (C=O) groups is 1. The Morgan fingerprint density at radius 1 is 1.19 bits per heavy atom. The van der Waals surface area contributed by atoms with Crippen molar-refractivity contribution in [1.82, 2.24) is 21.6 Å². The summed E-state index contributed by atoms with van der Waals surface area (Å²) in [6.07, 6.45) is 2.27. The van der Waals surface area contributed by atoms with Gasteiger partial charge in [-0.25, -0.2) is 10.2 Å². The van der Waals surface area contributed by atoms with Crippen molar-refractivity contribution in [3.05, 3.63) is 65.7 Å². The summed E-state index contributed by atoms with van der Waals surface area (Å²) < 4.78 is 5.82. The summed E-state index contributed by atoms with van der Waals surface area (Å²) in [5.41, 5.74) is 10.5. The lowest BCUT2D eigenvalue weighted by molar-refractivity contribution is 0.202. The highest BCUT2D eigenvalue weighted by Crippen LogP contribution is 2.12. The van der Waals surface area contributed by atoms with Crippen LogP contribution in [0.5, 0.6) is 5.75 Å². The van der Waals surface area contributed by atoms with Gasteiger partial charge in [-0.3, -0.25) is 10.9 Å². The topological polar surface area (TPSA) is 86.8 Å². The average molecular weight is 353 g/mol. The van der Waals surface area contributed by atoms with Gasteiger partial charge in [-0.2, -0.15) is 5.10 Å². The molecule has 7 nitrogen and oxygen atoms in total. The number of hydrazone groups is 1. The maximum atomic E-state index is 11.3. The van der Waals surface area contributed by atoms with E-state index in [1.54, 1.807) is 6.21 Å². The van der Waals surface area contributed by atoms with Crippen LogP contribution in [-0.4, -0.2) is 31.1 Å². The van der Waals surface area contributed by atoms with E-state index in [0.29, 0.717) is 6.61 Å². The van der Waals surface area contributed by atoms with Gasteiger partial charge in [0.05, 0.1) is 18.9 Å². The van der Waals surface area contributed by atoms with E-state index in [1.165, 1.54) is 5.56 Å². The van der Waals surface area contributed by atoms with E-state index in [9.17, 15) is 4.79 Å². The second kappa shape index (κ2) is 8.87. The monoisotopic (exact) mass is 353 g/mol.